The first-order valence-corrected chi connectivity index (χ1v) is 6.40. The van der Waals surface area contributed by atoms with Gasteiger partial charge in [-0.3, -0.25) is 4.79 Å². The summed E-state index contributed by atoms with van der Waals surface area (Å²) in [6, 6.07) is 0. The minimum atomic E-state index is -0.0780. The maximum atomic E-state index is 11.5. The van der Waals surface area contributed by atoms with Crippen LogP contribution in [0.5, 0.6) is 0 Å². The number of hydrogen-bond donors (Lipinski definition) is 2. The minimum absolute atomic E-state index is 0. The van der Waals surface area contributed by atoms with Crippen molar-refractivity contribution in [2.45, 2.75) is 19.8 Å². The van der Waals surface area contributed by atoms with Gasteiger partial charge in [0.15, 0.2) is 5.13 Å². The highest BCUT2D eigenvalue weighted by Crippen LogP contribution is 2.24. The Morgan fingerprint density at radius 1 is 1.56 bits per heavy atom. The van der Waals surface area contributed by atoms with E-state index < -0.39 is 0 Å². The van der Waals surface area contributed by atoms with Gasteiger partial charge in [0, 0.05) is 24.7 Å². The van der Waals surface area contributed by atoms with E-state index in [4.69, 9.17) is 4.74 Å². The van der Waals surface area contributed by atoms with Crippen molar-refractivity contribution in [2.75, 3.05) is 32.1 Å². The molecule has 1 aromatic heterocycles. The maximum absolute atomic E-state index is 11.5. The van der Waals surface area contributed by atoms with Gasteiger partial charge in [-0.15, -0.1) is 23.7 Å². The van der Waals surface area contributed by atoms with Crippen LogP contribution < -0.4 is 10.6 Å². The Bertz CT molecular complexity index is 358. The number of nitrogens with zero attached hydrogens (tertiary/aromatic N) is 1. The van der Waals surface area contributed by atoms with Crippen molar-refractivity contribution in [1.29, 1.82) is 0 Å². The van der Waals surface area contributed by atoms with Crippen LogP contribution in [0, 0.1) is 0 Å². The highest BCUT2D eigenvalue weighted by atomic mass is 35.5. The van der Waals surface area contributed by atoms with E-state index in [1.54, 1.807) is 7.11 Å². The lowest BCUT2D eigenvalue weighted by Crippen LogP contribution is -2.30. The van der Waals surface area contributed by atoms with Crippen LogP contribution in [0.2, 0.25) is 0 Å². The molecule has 2 N–H and O–H groups in total. The SMILES string of the molecule is COCCNCC(=O)Nc1ncc(C(C)C)s1.Cl. The Labute approximate surface area is 118 Å². The summed E-state index contributed by atoms with van der Waals surface area (Å²) in [6.07, 6.45) is 1.81. The first-order valence-electron chi connectivity index (χ1n) is 5.58. The topological polar surface area (TPSA) is 63.2 Å². The summed E-state index contributed by atoms with van der Waals surface area (Å²) >= 11 is 1.52. The zero-order valence-electron chi connectivity index (χ0n) is 10.9. The fourth-order valence-corrected chi connectivity index (χ4v) is 1.99. The lowest BCUT2D eigenvalue weighted by Gasteiger charge is -2.03. The molecule has 0 atom stereocenters. The molecule has 1 amide bonds. The molecule has 1 heterocycles. The lowest BCUT2D eigenvalue weighted by atomic mass is 10.2. The quantitative estimate of drug-likeness (QED) is 0.753. The largest absolute Gasteiger partial charge is 0.383 e. The second-order valence-corrected chi connectivity index (χ2v) is 5.00. The summed E-state index contributed by atoms with van der Waals surface area (Å²) in [4.78, 5) is 16.8. The van der Waals surface area contributed by atoms with Crippen molar-refractivity contribution in [3.63, 3.8) is 0 Å². The van der Waals surface area contributed by atoms with Crippen molar-refractivity contribution in [1.82, 2.24) is 10.3 Å². The number of rotatable bonds is 7. The molecule has 0 aliphatic heterocycles. The third-order valence-corrected chi connectivity index (χ3v) is 3.32. The number of nitrogens with one attached hydrogen (secondary N) is 2. The van der Waals surface area contributed by atoms with E-state index >= 15 is 0 Å². The molecule has 0 aliphatic rings. The van der Waals surface area contributed by atoms with Gasteiger partial charge in [-0.1, -0.05) is 13.8 Å². The van der Waals surface area contributed by atoms with Gasteiger partial charge < -0.3 is 15.4 Å². The third kappa shape index (κ3) is 6.30. The van der Waals surface area contributed by atoms with Gasteiger partial charge >= 0.3 is 0 Å². The Morgan fingerprint density at radius 3 is 2.83 bits per heavy atom. The molecule has 5 nitrogen and oxygen atoms in total. The fourth-order valence-electron chi connectivity index (χ4n) is 1.15. The van der Waals surface area contributed by atoms with E-state index in [-0.39, 0.29) is 24.9 Å². The summed E-state index contributed by atoms with van der Waals surface area (Å²) < 4.78 is 4.87. The van der Waals surface area contributed by atoms with E-state index in [0.29, 0.717) is 24.2 Å². The van der Waals surface area contributed by atoms with Crippen LogP contribution in [0.4, 0.5) is 5.13 Å². The second-order valence-electron chi connectivity index (χ2n) is 3.94. The molecular weight excluding hydrogens is 274 g/mol. The molecule has 0 bridgehead atoms. The molecule has 0 aliphatic carbocycles. The van der Waals surface area contributed by atoms with Crippen molar-refractivity contribution in [3.05, 3.63) is 11.1 Å². The highest BCUT2D eigenvalue weighted by molar-refractivity contribution is 7.15. The molecule has 0 spiro atoms. The molecular formula is C11H20ClN3O2S. The zero-order chi connectivity index (χ0) is 12.7. The molecule has 0 fully saturated rings. The van der Waals surface area contributed by atoms with Crippen molar-refractivity contribution < 1.29 is 9.53 Å². The fraction of sp³-hybridized carbons (Fsp3) is 0.636. The number of halogens is 1. The zero-order valence-corrected chi connectivity index (χ0v) is 12.5. The van der Waals surface area contributed by atoms with Gasteiger partial charge in [-0.05, 0) is 5.92 Å². The number of methoxy groups -OCH3 is 1. The first kappa shape index (κ1) is 17.3. The van der Waals surface area contributed by atoms with Crippen LogP contribution in [0.25, 0.3) is 0 Å². The number of carbonyl (C=O) groups is 1. The molecule has 0 aromatic carbocycles. The third-order valence-electron chi connectivity index (χ3n) is 2.11. The first-order chi connectivity index (χ1) is 8.13. The van der Waals surface area contributed by atoms with E-state index in [1.165, 1.54) is 16.2 Å². The molecule has 7 heteroatoms. The number of aromatic nitrogens is 1. The summed E-state index contributed by atoms with van der Waals surface area (Å²) in [5.41, 5.74) is 0. The van der Waals surface area contributed by atoms with Crippen LogP contribution in [0.15, 0.2) is 6.20 Å². The molecule has 1 rings (SSSR count). The lowest BCUT2D eigenvalue weighted by molar-refractivity contribution is -0.115. The van der Waals surface area contributed by atoms with Crippen LogP contribution in [-0.4, -0.2) is 37.7 Å². The molecule has 0 saturated heterocycles. The van der Waals surface area contributed by atoms with Gasteiger partial charge in [0.2, 0.25) is 5.91 Å². The van der Waals surface area contributed by atoms with Gasteiger partial charge in [0.25, 0.3) is 0 Å². The molecule has 0 unspecified atom stereocenters. The molecule has 18 heavy (non-hydrogen) atoms. The van der Waals surface area contributed by atoms with Gasteiger partial charge in [-0.2, -0.15) is 0 Å². The summed E-state index contributed by atoms with van der Waals surface area (Å²) in [7, 11) is 1.63. The van der Waals surface area contributed by atoms with Crippen molar-refractivity contribution in [2.24, 2.45) is 0 Å². The Hall–Kier alpha value is -0.690. The summed E-state index contributed by atoms with van der Waals surface area (Å²) in [5.74, 6) is 0.365. The minimum Gasteiger partial charge on any atom is -0.383 e. The van der Waals surface area contributed by atoms with E-state index in [9.17, 15) is 4.79 Å². The molecule has 1 aromatic rings. The van der Waals surface area contributed by atoms with Crippen LogP contribution in [0.3, 0.4) is 0 Å². The predicted octanol–water partition coefficient (Wildman–Crippen LogP) is 1.86. The van der Waals surface area contributed by atoms with Gasteiger partial charge in [0.05, 0.1) is 13.2 Å². The number of hydrogen-bond acceptors (Lipinski definition) is 5. The average molecular weight is 294 g/mol. The standard InChI is InChI=1S/C11H19N3O2S.ClH/c1-8(2)9-6-13-11(17-9)14-10(15)7-12-4-5-16-3;/h6,8,12H,4-5,7H2,1-3H3,(H,13,14,15);1H. The maximum Gasteiger partial charge on any atom is 0.240 e. The number of amides is 1. The second kappa shape index (κ2) is 9.27. The highest BCUT2D eigenvalue weighted by Gasteiger charge is 2.08. The Kier molecular flexibility index (Phi) is 8.91. The smallest absolute Gasteiger partial charge is 0.240 e. The normalized spacial score (nSPS) is 10.2. The predicted molar refractivity (Wildman–Crippen MR) is 76.8 cm³/mol. The molecule has 104 valence electrons. The molecule has 0 saturated carbocycles. The summed E-state index contributed by atoms with van der Waals surface area (Å²) in [5, 5.41) is 6.39. The van der Waals surface area contributed by atoms with Crippen LogP contribution in [0.1, 0.15) is 24.6 Å². The van der Waals surface area contributed by atoms with Crippen LogP contribution in [-0.2, 0) is 9.53 Å². The summed E-state index contributed by atoms with van der Waals surface area (Å²) in [6.45, 7) is 5.75. The monoisotopic (exact) mass is 293 g/mol. The van der Waals surface area contributed by atoms with Crippen LogP contribution >= 0.6 is 23.7 Å². The van der Waals surface area contributed by atoms with E-state index in [2.05, 4.69) is 29.5 Å². The van der Waals surface area contributed by atoms with E-state index in [0.717, 1.165) is 0 Å². The average Bonchev–Trinajstić information content (AvgIpc) is 2.73. The number of thiazole rings is 1. The Balaban J connectivity index is 0.00000289. The van der Waals surface area contributed by atoms with Crippen molar-refractivity contribution >= 4 is 34.8 Å². The van der Waals surface area contributed by atoms with Gasteiger partial charge in [0.1, 0.15) is 0 Å². The van der Waals surface area contributed by atoms with Gasteiger partial charge in [-0.25, -0.2) is 4.98 Å². The number of carbonyl (C=O) groups excluding carboxylic acids is 1. The number of ether oxygens (including phenoxy) is 1. The Morgan fingerprint density at radius 2 is 2.28 bits per heavy atom. The van der Waals surface area contributed by atoms with E-state index in [1.807, 2.05) is 6.20 Å². The molecule has 0 radical (unpaired) electrons. The number of anilines is 1. The van der Waals surface area contributed by atoms with Crippen molar-refractivity contribution in [3.8, 4) is 0 Å².